The smallest absolute Gasteiger partial charge is 0.330 e. The lowest BCUT2D eigenvalue weighted by Gasteiger charge is -2.32. The molecule has 11 heteroatoms. The van der Waals surface area contributed by atoms with Crippen LogP contribution in [0.2, 0.25) is 0 Å². The van der Waals surface area contributed by atoms with Crippen LogP contribution in [0, 0.1) is 24.7 Å². The summed E-state index contributed by atoms with van der Waals surface area (Å²) in [5.74, 6) is -0.694. The van der Waals surface area contributed by atoms with Gasteiger partial charge in [0.05, 0.1) is 35.3 Å². The first-order chi connectivity index (χ1) is 26.8. The Kier molecular flexibility index (Phi) is 16.3. The largest absolute Gasteiger partial charge is 0.494 e. The van der Waals surface area contributed by atoms with Crippen LogP contribution in [0.1, 0.15) is 83.1 Å². The molecule has 2 unspecified atom stereocenters. The van der Waals surface area contributed by atoms with E-state index in [1.807, 2.05) is 48.5 Å². The molecule has 1 heterocycles. The van der Waals surface area contributed by atoms with Gasteiger partial charge in [-0.2, -0.15) is 5.10 Å². The summed E-state index contributed by atoms with van der Waals surface area (Å²) in [6.07, 6.45) is 12.2. The lowest BCUT2D eigenvalue weighted by atomic mass is 9.74. The van der Waals surface area contributed by atoms with Crippen molar-refractivity contribution >= 4 is 50.8 Å². The Morgan fingerprint density at radius 1 is 0.836 bits per heavy atom. The topological polar surface area (TPSA) is 117 Å². The van der Waals surface area contributed by atoms with Gasteiger partial charge in [-0.25, -0.2) is 14.8 Å². The molecular weight excluding hydrogens is 715 g/mol. The Hall–Kier alpha value is -5.03. The number of thiazole rings is 1. The van der Waals surface area contributed by atoms with Crippen molar-refractivity contribution in [1.82, 2.24) is 4.98 Å². The van der Waals surface area contributed by atoms with Crippen LogP contribution in [0.4, 0.5) is 5.13 Å². The second-order valence-electron chi connectivity index (χ2n) is 14.0. The van der Waals surface area contributed by atoms with Crippen molar-refractivity contribution in [3.63, 3.8) is 0 Å². The minimum absolute atomic E-state index is 0.304. The van der Waals surface area contributed by atoms with Crippen LogP contribution in [0.5, 0.6) is 17.2 Å². The maximum Gasteiger partial charge on any atom is 0.330 e. The van der Waals surface area contributed by atoms with E-state index in [0.29, 0.717) is 56.3 Å². The average molecular weight is 768 g/mol. The molecule has 0 N–H and O–H groups in total. The molecule has 0 radical (unpaired) electrons. The molecule has 0 bridgehead atoms. The van der Waals surface area contributed by atoms with Gasteiger partial charge in [-0.3, -0.25) is 9.59 Å². The summed E-state index contributed by atoms with van der Waals surface area (Å²) in [4.78, 5) is 43.2. The second-order valence-corrected chi connectivity index (χ2v) is 15.0. The van der Waals surface area contributed by atoms with Crippen molar-refractivity contribution in [1.29, 1.82) is 0 Å². The molecule has 1 aliphatic carbocycles. The van der Waals surface area contributed by atoms with E-state index in [4.69, 9.17) is 29.0 Å². The SMILES string of the molecule is C=CC(=O)OCCCCCCOc1ccc(OC(=O)C2CC[C@H](C(=O)Oc3ccc(C)cc3)CC2/C=N/N(CCCCCC)c2nc3ccccc3s2)cc1. The number of benzene rings is 3. The van der Waals surface area contributed by atoms with Gasteiger partial charge in [0.1, 0.15) is 17.2 Å². The monoisotopic (exact) mass is 767 g/mol. The van der Waals surface area contributed by atoms with Gasteiger partial charge in [-0.05, 0) is 107 Å². The molecule has 1 aliphatic rings. The zero-order valence-electron chi connectivity index (χ0n) is 32.0. The number of fused-ring (bicyclic) bond motifs is 1. The van der Waals surface area contributed by atoms with Gasteiger partial charge in [-0.1, -0.05) is 73.9 Å². The molecular formula is C44H53N3O7S. The Balaban J connectivity index is 1.23. The van der Waals surface area contributed by atoms with Gasteiger partial charge in [0.15, 0.2) is 0 Å². The van der Waals surface area contributed by atoms with E-state index in [-0.39, 0.29) is 17.9 Å². The van der Waals surface area contributed by atoms with Gasteiger partial charge in [0, 0.05) is 24.8 Å². The Bertz CT molecular complexity index is 1820. The number of anilines is 1. The average Bonchev–Trinajstić information content (AvgIpc) is 3.64. The molecule has 1 aromatic heterocycles. The van der Waals surface area contributed by atoms with E-state index in [2.05, 4.69) is 19.6 Å². The van der Waals surface area contributed by atoms with E-state index in [0.717, 1.165) is 72.3 Å². The fourth-order valence-electron chi connectivity index (χ4n) is 6.49. The first-order valence-electron chi connectivity index (χ1n) is 19.5. The van der Waals surface area contributed by atoms with Crippen molar-refractivity contribution in [2.45, 2.75) is 84.5 Å². The minimum Gasteiger partial charge on any atom is -0.494 e. The van der Waals surface area contributed by atoms with Crippen LogP contribution in [-0.2, 0) is 19.1 Å². The van der Waals surface area contributed by atoms with Crippen LogP contribution in [-0.4, -0.2) is 48.9 Å². The van der Waals surface area contributed by atoms with Crippen LogP contribution < -0.4 is 19.2 Å². The molecule has 10 nitrogen and oxygen atoms in total. The number of aryl methyl sites for hydroxylation is 1. The molecule has 292 valence electrons. The van der Waals surface area contributed by atoms with Crippen molar-refractivity contribution in [3.8, 4) is 17.2 Å². The van der Waals surface area contributed by atoms with Gasteiger partial charge >= 0.3 is 17.9 Å². The van der Waals surface area contributed by atoms with E-state index < -0.39 is 17.8 Å². The number of carbonyl (C=O) groups excluding carboxylic acids is 3. The number of para-hydroxylation sites is 1. The third-order valence-electron chi connectivity index (χ3n) is 9.66. The van der Waals surface area contributed by atoms with Crippen LogP contribution in [0.25, 0.3) is 10.2 Å². The zero-order valence-corrected chi connectivity index (χ0v) is 32.8. The van der Waals surface area contributed by atoms with Gasteiger partial charge in [0.25, 0.3) is 0 Å². The highest BCUT2D eigenvalue weighted by atomic mass is 32.1. The maximum atomic E-state index is 13.8. The predicted octanol–water partition coefficient (Wildman–Crippen LogP) is 9.89. The number of rotatable bonds is 21. The molecule has 5 rings (SSSR count). The number of esters is 3. The van der Waals surface area contributed by atoms with Gasteiger partial charge in [-0.15, -0.1) is 0 Å². The molecule has 3 aromatic carbocycles. The molecule has 55 heavy (non-hydrogen) atoms. The van der Waals surface area contributed by atoms with E-state index in [1.54, 1.807) is 47.7 Å². The molecule has 0 spiro atoms. The molecule has 0 amide bonds. The number of hydrogen-bond acceptors (Lipinski definition) is 11. The number of aromatic nitrogens is 1. The highest BCUT2D eigenvalue weighted by Gasteiger charge is 2.39. The zero-order chi connectivity index (χ0) is 38.8. The number of hydrogen-bond donors (Lipinski definition) is 0. The van der Waals surface area contributed by atoms with E-state index in [9.17, 15) is 14.4 Å². The summed E-state index contributed by atoms with van der Waals surface area (Å²) in [7, 11) is 0. The fourth-order valence-corrected chi connectivity index (χ4v) is 7.43. The third kappa shape index (κ3) is 13.1. The summed E-state index contributed by atoms with van der Waals surface area (Å²) in [5.41, 5.74) is 2.00. The number of nitrogens with zero attached hydrogens (tertiary/aromatic N) is 3. The number of carbonyl (C=O) groups is 3. The van der Waals surface area contributed by atoms with Crippen LogP contribution >= 0.6 is 11.3 Å². The van der Waals surface area contributed by atoms with E-state index in [1.165, 1.54) is 6.08 Å². The van der Waals surface area contributed by atoms with Crippen molar-refractivity contribution in [2.75, 3.05) is 24.8 Å². The number of unbranched alkanes of at least 4 members (excludes halogenated alkanes) is 6. The quantitative estimate of drug-likeness (QED) is 0.0204. The van der Waals surface area contributed by atoms with Crippen molar-refractivity contribution < 1.29 is 33.3 Å². The van der Waals surface area contributed by atoms with E-state index >= 15 is 0 Å². The van der Waals surface area contributed by atoms with Crippen LogP contribution in [0.3, 0.4) is 0 Å². The third-order valence-corrected chi connectivity index (χ3v) is 10.7. The first kappa shape index (κ1) is 41.1. The highest BCUT2D eigenvalue weighted by molar-refractivity contribution is 7.22. The lowest BCUT2D eigenvalue weighted by molar-refractivity contribution is -0.146. The minimum atomic E-state index is -0.499. The molecule has 1 saturated carbocycles. The normalized spacial score (nSPS) is 16.8. The summed E-state index contributed by atoms with van der Waals surface area (Å²) < 4.78 is 23.7. The summed E-state index contributed by atoms with van der Waals surface area (Å²) >= 11 is 1.59. The predicted molar refractivity (Wildman–Crippen MR) is 218 cm³/mol. The van der Waals surface area contributed by atoms with Crippen molar-refractivity contribution in [3.05, 3.63) is 91.0 Å². The number of ether oxygens (including phenoxy) is 4. The standard InChI is InChI=1S/C44H53N3O7S/c1-4-6-7-12-27-47(44-46-39-15-10-11-16-40(39)55-44)45-31-34-30-33(42(49)53-36-20-17-32(3)18-21-36)19-26-38(34)43(50)54-37-24-22-35(23-25-37)51-28-13-8-9-14-29-52-41(48)5-2/h5,10-11,15-18,20-25,31,33-34,38H,2,4,6-9,12-14,19,26-30H2,1,3H3/b45-31+/t33-,34?,38?/m0/s1. The highest BCUT2D eigenvalue weighted by Crippen LogP contribution is 2.36. The molecule has 0 saturated heterocycles. The molecule has 3 atom stereocenters. The maximum absolute atomic E-state index is 13.8. The Labute approximate surface area is 328 Å². The van der Waals surface area contributed by atoms with Gasteiger partial charge in [0.2, 0.25) is 5.13 Å². The summed E-state index contributed by atoms with van der Waals surface area (Å²) in [6.45, 7) is 9.20. The molecule has 1 fully saturated rings. The van der Waals surface area contributed by atoms with Crippen LogP contribution in [0.15, 0.2) is 90.6 Å². The first-order valence-corrected chi connectivity index (χ1v) is 20.3. The molecule has 4 aromatic rings. The number of hydrazone groups is 1. The van der Waals surface area contributed by atoms with Gasteiger partial charge < -0.3 is 18.9 Å². The van der Waals surface area contributed by atoms with Crippen molar-refractivity contribution in [2.24, 2.45) is 22.9 Å². The summed E-state index contributed by atoms with van der Waals surface area (Å²) in [6, 6.07) is 22.5. The Morgan fingerprint density at radius 3 is 2.24 bits per heavy atom. The lowest BCUT2D eigenvalue weighted by Crippen LogP contribution is -2.38. The summed E-state index contributed by atoms with van der Waals surface area (Å²) in [5, 5.41) is 7.71. The Morgan fingerprint density at radius 2 is 1.51 bits per heavy atom. The molecule has 0 aliphatic heterocycles. The second kappa shape index (κ2) is 21.8. The fraction of sp³-hybridized carbons (Fsp3) is 0.432.